The van der Waals surface area contributed by atoms with Crippen LogP contribution in [0.4, 0.5) is 17.5 Å². The maximum atomic E-state index is 6.15. The number of anilines is 3. The molecule has 142 valence electrons. The Labute approximate surface area is 159 Å². The van der Waals surface area contributed by atoms with Crippen molar-refractivity contribution in [3.63, 3.8) is 0 Å². The van der Waals surface area contributed by atoms with E-state index >= 15 is 0 Å². The first-order chi connectivity index (χ1) is 12.4. The van der Waals surface area contributed by atoms with E-state index < -0.39 is 0 Å². The molecule has 0 aliphatic rings. The molecule has 1 aromatic carbocycles. The predicted octanol–water partition coefficient (Wildman–Crippen LogP) is 3.56. The monoisotopic (exact) mass is 379 g/mol. The van der Waals surface area contributed by atoms with E-state index in [1.807, 2.05) is 13.0 Å². The molecule has 26 heavy (non-hydrogen) atoms. The van der Waals surface area contributed by atoms with Crippen molar-refractivity contribution in [2.24, 2.45) is 0 Å². The summed E-state index contributed by atoms with van der Waals surface area (Å²) in [5.41, 5.74) is 1.57. The Balaban J connectivity index is 2.16. The summed E-state index contributed by atoms with van der Waals surface area (Å²) in [7, 11) is 7.27. The van der Waals surface area contributed by atoms with Crippen LogP contribution in [0.3, 0.4) is 0 Å². The number of hydrogen-bond acceptors (Lipinski definition) is 7. The van der Waals surface area contributed by atoms with Gasteiger partial charge < -0.3 is 25.0 Å². The van der Waals surface area contributed by atoms with Gasteiger partial charge in [0.2, 0.25) is 5.95 Å². The van der Waals surface area contributed by atoms with Crippen molar-refractivity contribution in [2.45, 2.75) is 13.3 Å². The summed E-state index contributed by atoms with van der Waals surface area (Å²) in [6.07, 6.45) is 1.01. The van der Waals surface area contributed by atoms with E-state index in [1.54, 1.807) is 26.4 Å². The van der Waals surface area contributed by atoms with Gasteiger partial charge in [-0.3, -0.25) is 0 Å². The molecule has 2 aromatic rings. The smallest absolute Gasteiger partial charge is 0.224 e. The first kappa shape index (κ1) is 20.1. The summed E-state index contributed by atoms with van der Waals surface area (Å²) in [6.45, 7) is 3.74. The zero-order valence-corrected chi connectivity index (χ0v) is 16.6. The fraction of sp³-hybridized carbons (Fsp3) is 0.444. The van der Waals surface area contributed by atoms with Crippen LogP contribution in [-0.4, -0.2) is 56.3 Å². The van der Waals surface area contributed by atoms with Gasteiger partial charge in [-0.15, -0.1) is 0 Å². The highest BCUT2D eigenvalue weighted by molar-refractivity contribution is 6.32. The first-order valence-electron chi connectivity index (χ1n) is 8.35. The standard InChI is InChI=1S/C18H26ClN5O2/c1-12-9-17(23-18(21-12)20-7-6-8-24(2)3)22-14-11-15(25-4)13(19)10-16(14)26-5/h9-11H,6-8H2,1-5H3,(H2,20,21,22,23). The quantitative estimate of drug-likeness (QED) is 0.645. The molecule has 0 aliphatic heterocycles. The lowest BCUT2D eigenvalue weighted by Crippen LogP contribution is -2.17. The van der Waals surface area contributed by atoms with Crippen LogP contribution in [0.25, 0.3) is 0 Å². The van der Waals surface area contributed by atoms with Gasteiger partial charge in [0.05, 0.1) is 24.9 Å². The van der Waals surface area contributed by atoms with Crippen LogP contribution < -0.4 is 20.1 Å². The minimum atomic E-state index is 0.483. The van der Waals surface area contributed by atoms with Gasteiger partial charge in [0.15, 0.2) is 0 Å². The highest BCUT2D eigenvalue weighted by atomic mass is 35.5. The van der Waals surface area contributed by atoms with Crippen molar-refractivity contribution in [1.82, 2.24) is 14.9 Å². The SMILES string of the molecule is COc1cc(Nc2cc(C)nc(NCCCN(C)C)n2)c(OC)cc1Cl. The molecular weight excluding hydrogens is 354 g/mol. The third-order valence-corrected chi connectivity index (χ3v) is 3.95. The van der Waals surface area contributed by atoms with Gasteiger partial charge in [-0.25, -0.2) is 4.98 Å². The molecule has 0 bridgehead atoms. The summed E-state index contributed by atoms with van der Waals surface area (Å²) in [5, 5.41) is 7.00. The molecule has 0 fully saturated rings. The van der Waals surface area contributed by atoms with Gasteiger partial charge in [0.1, 0.15) is 17.3 Å². The minimum absolute atomic E-state index is 0.483. The van der Waals surface area contributed by atoms with Crippen LogP contribution in [0.2, 0.25) is 5.02 Å². The van der Waals surface area contributed by atoms with Crippen molar-refractivity contribution < 1.29 is 9.47 Å². The van der Waals surface area contributed by atoms with Crippen LogP contribution in [0.1, 0.15) is 12.1 Å². The second-order valence-corrected chi connectivity index (χ2v) is 6.52. The van der Waals surface area contributed by atoms with Crippen molar-refractivity contribution in [3.05, 3.63) is 28.9 Å². The molecule has 1 aromatic heterocycles. The topological polar surface area (TPSA) is 71.5 Å². The second kappa shape index (κ2) is 9.45. The summed E-state index contributed by atoms with van der Waals surface area (Å²) in [5.74, 6) is 2.41. The van der Waals surface area contributed by atoms with Gasteiger partial charge in [-0.05, 0) is 34.0 Å². The van der Waals surface area contributed by atoms with Crippen molar-refractivity contribution in [2.75, 3.05) is 52.0 Å². The lowest BCUT2D eigenvalue weighted by Gasteiger charge is -2.15. The number of ether oxygens (including phenoxy) is 2. The molecule has 8 heteroatoms. The number of benzene rings is 1. The Morgan fingerprint density at radius 3 is 2.46 bits per heavy atom. The number of aryl methyl sites for hydroxylation is 1. The van der Waals surface area contributed by atoms with Crippen LogP contribution in [0.5, 0.6) is 11.5 Å². The van der Waals surface area contributed by atoms with E-state index in [1.165, 1.54) is 0 Å². The Kier molecular flexibility index (Phi) is 7.29. The molecule has 1 heterocycles. The molecule has 0 saturated carbocycles. The van der Waals surface area contributed by atoms with Gasteiger partial charge in [-0.1, -0.05) is 11.6 Å². The van der Waals surface area contributed by atoms with Crippen molar-refractivity contribution in [1.29, 1.82) is 0 Å². The molecule has 0 aliphatic carbocycles. The number of hydrogen-bond donors (Lipinski definition) is 2. The number of halogens is 1. The molecule has 0 atom stereocenters. The average Bonchev–Trinajstić information content (AvgIpc) is 2.59. The fourth-order valence-corrected chi connectivity index (χ4v) is 2.63. The largest absolute Gasteiger partial charge is 0.495 e. The van der Waals surface area contributed by atoms with E-state index in [0.29, 0.717) is 34.0 Å². The normalized spacial score (nSPS) is 10.7. The van der Waals surface area contributed by atoms with Crippen LogP contribution in [0.15, 0.2) is 18.2 Å². The molecule has 0 radical (unpaired) electrons. The molecular formula is C18H26ClN5O2. The van der Waals surface area contributed by atoms with Gasteiger partial charge >= 0.3 is 0 Å². The molecule has 2 rings (SSSR count). The molecule has 0 saturated heterocycles. The van der Waals surface area contributed by atoms with Crippen LogP contribution >= 0.6 is 11.6 Å². The van der Waals surface area contributed by atoms with Crippen LogP contribution in [-0.2, 0) is 0 Å². The van der Waals surface area contributed by atoms with E-state index in [4.69, 9.17) is 21.1 Å². The molecule has 0 amide bonds. The summed E-state index contributed by atoms with van der Waals surface area (Å²) >= 11 is 6.15. The van der Waals surface area contributed by atoms with E-state index in [0.717, 1.165) is 25.2 Å². The Morgan fingerprint density at radius 2 is 1.81 bits per heavy atom. The second-order valence-electron chi connectivity index (χ2n) is 6.11. The van der Waals surface area contributed by atoms with Gasteiger partial charge in [-0.2, -0.15) is 4.98 Å². The molecule has 2 N–H and O–H groups in total. The third kappa shape index (κ3) is 5.64. The number of nitrogens with one attached hydrogen (secondary N) is 2. The Bertz CT molecular complexity index is 740. The summed E-state index contributed by atoms with van der Waals surface area (Å²) in [6, 6.07) is 5.35. The molecule has 0 spiro atoms. The number of rotatable bonds is 9. The number of methoxy groups -OCH3 is 2. The van der Waals surface area contributed by atoms with Crippen LogP contribution in [0, 0.1) is 6.92 Å². The maximum absolute atomic E-state index is 6.15. The van der Waals surface area contributed by atoms with E-state index in [-0.39, 0.29) is 0 Å². The summed E-state index contributed by atoms with van der Waals surface area (Å²) in [4.78, 5) is 11.1. The van der Waals surface area contributed by atoms with Gasteiger partial charge in [0.25, 0.3) is 0 Å². The lowest BCUT2D eigenvalue weighted by atomic mass is 10.2. The Hall–Kier alpha value is -2.25. The molecule has 0 unspecified atom stereocenters. The van der Waals surface area contributed by atoms with Crippen molar-refractivity contribution in [3.8, 4) is 11.5 Å². The Morgan fingerprint density at radius 1 is 1.08 bits per heavy atom. The van der Waals surface area contributed by atoms with E-state index in [2.05, 4.69) is 39.6 Å². The lowest BCUT2D eigenvalue weighted by molar-refractivity contribution is 0.405. The highest BCUT2D eigenvalue weighted by Crippen LogP contribution is 2.37. The van der Waals surface area contributed by atoms with E-state index in [9.17, 15) is 0 Å². The number of nitrogens with zero attached hydrogens (tertiary/aromatic N) is 3. The molecule has 7 nitrogen and oxygen atoms in total. The number of aromatic nitrogens is 2. The minimum Gasteiger partial charge on any atom is -0.495 e. The van der Waals surface area contributed by atoms with Gasteiger partial charge in [0, 0.05) is 30.4 Å². The zero-order chi connectivity index (χ0) is 19.1. The highest BCUT2D eigenvalue weighted by Gasteiger charge is 2.11. The first-order valence-corrected chi connectivity index (χ1v) is 8.73. The average molecular weight is 380 g/mol. The predicted molar refractivity (Wildman–Crippen MR) is 106 cm³/mol. The third-order valence-electron chi connectivity index (χ3n) is 3.66. The maximum Gasteiger partial charge on any atom is 0.224 e. The fourth-order valence-electron chi connectivity index (χ4n) is 2.40. The summed E-state index contributed by atoms with van der Waals surface area (Å²) < 4.78 is 10.7. The zero-order valence-electron chi connectivity index (χ0n) is 15.9. The van der Waals surface area contributed by atoms with Crippen molar-refractivity contribution >= 4 is 29.1 Å².